The minimum absolute atomic E-state index is 0.157. The molecule has 0 saturated heterocycles. The average molecular weight is 398 g/mol. The van der Waals surface area contributed by atoms with E-state index in [-0.39, 0.29) is 11.7 Å². The highest BCUT2D eigenvalue weighted by Crippen LogP contribution is 2.39. The van der Waals surface area contributed by atoms with Gasteiger partial charge in [0.15, 0.2) is 0 Å². The number of para-hydroxylation sites is 1. The number of aromatic nitrogens is 1. The average Bonchev–Trinajstić information content (AvgIpc) is 3.20. The van der Waals surface area contributed by atoms with Crippen molar-refractivity contribution in [2.45, 2.75) is 31.2 Å². The SMILES string of the molecule is Cc1cc(SCC(=O)Nc2sc3c(c2C(N)=O)CCC3)nc2ccccc12. The molecule has 1 aliphatic rings. The van der Waals surface area contributed by atoms with Crippen molar-refractivity contribution in [1.29, 1.82) is 0 Å². The monoisotopic (exact) mass is 397 g/mol. The summed E-state index contributed by atoms with van der Waals surface area (Å²) in [6.45, 7) is 2.04. The van der Waals surface area contributed by atoms with Crippen molar-refractivity contribution < 1.29 is 9.59 Å². The van der Waals surface area contributed by atoms with Crippen molar-refractivity contribution in [1.82, 2.24) is 4.98 Å². The number of hydrogen-bond acceptors (Lipinski definition) is 5. The number of nitrogens with one attached hydrogen (secondary N) is 1. The second-order valence-corrected chi connectivity index (χ2v) is 8.66. The van der Waals surface area contributed by atoms with E-state index in [0.29, 0.717) is 10.6 Å². The predicted octanol–water partition coefficient (Wildman–Crippen LogP) is 3.92. The van der Waals surface area contributed by atoms with Crippen LogP contribution in [0.4, 0.5) is 5.00 Å². The first-order valence-electron chi connectivity index (χ1n) is 8.76. The molecule has 2 amide bonds. The quantitative estimate of drug-likeness (QED) is 0.639. The number of anilines is 1. The van der Waals surface area contributed by atoms with Gasteiger partial charge in [0.1, 0.15) is 5.00 Å². The maximum Gasteiger partial charge on any atom is 0.251 e. The Kier molecular flexibility index (Phi) is 4.88. The number of thiophene rings is 1. The van der Waals surface area contributed by atoms with Crippen LogP contribution in [0.1, 0.15) is 32.8 Å². The molecule has 2 aromatic heterocycles. The Balaban J connectivity index is 1.47. The molecule has 5 nitrogen and oxygen atoms in total. The van der Waals surface area contributed by atoms with Crippen LogP contribution in [0, 0.1) is 6.92 Å². The van der Waals surface area contributed by atoms with Gasteiger partial charge in [0.25, 0.3) is 5.91 Å². The number of carbonyl (C=O) groups excluding carboxylic acids is 2. The summed E-state index contributed by atoms with van der Waals surface area (Å²) < 4.78 is 0. The van der Waals surface area contributed by atoms with Crippen LogP contribution in [0.2, 0.25) is 0 Å². The van der Waals surface area contributed by atoms with Crippen molar-refractivity contribution in [3.8, 4) is 0 Å². The fourth-order valence-corrected chi connectivity index (χ4v) is 5.53. The highest BCUT2D eigenvalue weighted by atomic mass is 32.2. The van der Waals surface area contributed by atoms with Crippen LogP contribution in [0.3, 0.4) is 0 Å². The van der Waals surface area contributed by atoms with E-state index in [9.17, 15) is 9.59 Å². The van der Waals surface area contributed by atoms with Crippen LogP contribution >= 0.6 is 23.1 Å². The van der Waals surface area contributed by atoms with Crippen LogP contribution < -0.4 is 11.1 Å². The lowest BCUT2D eigenvalue weighted by Gasteiger charge is -2.07. The Hall–Kier alpha value is -2.38. The van der Waals surface area contributed by atoms with Crippen LogP contribution in [0.25, 0.3) is 10.9 Å². The largest absolute Gasteiger partial charge is 0.365 e. The molecule has 3 N–H and O–H groups in total. The molecule has 0 spiro atoms. The van der Waals surface area contributed by atoms with Crippen molar-refractivity contribution in [2.75, 3.05) is 11.1 Å². The first-order valence-corrected chi connectivity index (χ1v) is 10.6. The number of carbonyl (C=O) groups is 2. The minimum Gasteiger partial charge on any atom is -0.365 e. The lowest BCUT2D eigenvalue weighted by atomic mass is 10.1. The topological polar surface area (TPSA) is 85.1 Å². The number of hydrogen-bond donors (Lipinski definition) is 2. The molecule has 4 rings (SSSR count). The Morgan fingerprint density at radius 1 is 1.30 bits per heavy atom. The first-order chi connectivity index (χ1) is 13.0. The molecule has 0 atom stereocenters. The summed E-state index contributed by atoms with van der Waals surface area (Å²) in [6, 6.07) is 9.96. The summed E-state index contributed by atoms with van der Waals surface area (Å²) in [7, 11) is 0. The molecule has 3 aromatic rings. The van der Waals surface area contributed by atoms with Crippen LogP contribution in [0.15, 0.2) is 35.4 Å². The van der Waals surface area contributed by atoms with E-state index in [0.717, 1.165) is 46.3 Å². The number of fused-ring (bicyclic) bond motifs is 2. The summed E-state index contributed by atoms with van der Waals surface area (Å²) in [5.41, 5.74) is 9.11. The Morgan fingerprint density at radius 2 is 2.11 bits per heavy atom. The van der Waals surface area contributed by atoms with E-state index >= 15 is 0 Å². The Bertz CT molecular complexity index is 1060. The maximum atomic E-state index is 12.4. The zero-order chi connectivity index (χ0) is 19.0. The number of primary amides is 1. The second-order valence-electron chi connectivity index (χ2n) is 6.56. The molecule has 0 aliphatic heterocycles. The van der Waals surface area contributed by atoms with Gasteiger partial charge in [0, 0.05) is 10.3 Å². The number of nitrogens with two attached hydrogens (primary N) is 1. The van der Waals surface area contributed by atoms with Gasteiger partial charge in [-0.2, -0.15) is 0 Å². The fourth-order valence-electron chi connectivity index (χ4n) is 3.45. The Labute approximate surface area is 165 Å². The molecule has 0 saturated carbocycles. The van der Waals surface area contributed by atoms with E-state index in [1.165, 1.54) is 28.0 Å². The molecule has 1 aromatic carbocycles. The van der Waals surface area contributed by atoms with E-state index < -0.39 is 5.91 Å². The number of amides is 2. The fraction of sp³-hybridized carbons (Fsp3) is 0.250. The second kappa shape index (κ2) is 7.32. The standard InChI is InChI=1S/C20H19N3O2S2/c1-11-9-17(22-14-7-3-2-5-12(11)14)26-10-16(24)23-20-18(19(21)25)13-6-4-8-15(13)27-20/h2-3,5,7,9H,4,6,8,10H2,1H3,(H2,21,25)(H,23,24). The van der Waals surface area contributed by atoms with E-state index in [2.05, 4.69) is 10.3 Å². The van der Waals surface area contributed by atoms with Gasteiger partial charge in [-0.15, -0.1) is 11.3 Å². The highest BCUT2D eigenvalue weighted by Gasteiger charge is 2.26. The molecule has 0 unspecified atom stereocenters. The predicted molar refractivity (Wildman–Crippen MR) is 111 cm³/mol. The van der Waals surface area contributed by atoms with Gasteiger partial charge in [-0.05, 0) is 49.4 Å². The van der Waals surface area contributed by atoms with Gasteiger partial charge in [-0.25, -0.2) is 4.98 Å². The molecule has 7 heteroatoms. The van der Waals surface area contributed by atoms with Gasteiger partial charge in [0.2, 0.25) is 5.91 Å². The molecule has 27 heavy (non-hydrogen) atoms. The van der Waals surface area contributed by atoms with Crippen LogP contribution in [-0.2, 0) is 17.6 Å². The van der Waals surface area contributed by atoms with Crippen LogP contribution in [0.5, 0.6) is 0 Å². The lowest BCUT2D eigenvalue weighted by Crippen LogP contribution is -2.18. The smallest absolute Gasteiger partial charge is 0.251 e. The molecule has 0 bridgehead atoms. The van der Waals surface area contributed by atoms with E-state index in [1.807, 2.05) is 37.3 Å². The van der Waals surface area contributed by atoms with Gasteiger partial charge in [-0.3, -0.25) is 9.59 Å². The number of benzene rings is 1. The zero-order valence-electron chi connectivity index (χ0n) is 14.9. The van der Waals surface area contributed by atoms with Gasteiger partial charge in [-0.1, -0.05) is 30.0 Å². The number of aryl methyl sites for hydroxylation is 2. The lowest BCUT2D eigenvalue weighted by molar-refractivity contribution is -0.113. The molecule has 1 aliphatic carbocycles. The molecular weight excluding hydrogens is 378 g/mol. The number of thioether (sulfide) groups is 1. The van der Waals surface area contributed by atoms with Gasteiger partial charge in [0.05, 0.1) is 21.9 Å². The maximum absolute atomic E-state index is 12.4. The summed E-state index contributed by atoms with van der Waals surface area (Å²) in [4.78, 5) is 30.0. The summed E-state index contributed by atoms with van der Waals surface area (Å²) in [5.74, 6) is -0.398. The molecule has 138 valence electrons. The number of pyridine rings is 1. The van der Waals surface area contributed by atoms with Gasteiger partial charge >= 0.3 is 0 Å². The number of nitrogens with zero attached hydrogens (tertiary/aromatic N) is 1. The third-order valence-corrected chi connectivity index (χ3v) is 6.79. The van der Waals surface area contributed by atoms with Gasteiger partial charge < -0.3 is 11.1 Å². The van der Waals surface area contributed by atoms with Crippen molar-refractivity contribution in [3.05, 3.63) is 51.9 Å². The molecule has 0 radical (unpaired) electrons. The van der Waals surface area contributed by atoms with E-state index in [4.69, 9.17) is 5.73 Å². The van der Waals surface area contributed by atoms with Crippen LogP contribution in [-0.4, -0.2) is 22.6 Å². The minimum atomic E-state index is -0.468. The highest BCUT2D eigenvalue weighted by molar-refractivity contribution is 7.99. The summed E-state index contributed by atoms with van der Waals surface area (Å²) in [5, 5.41) is 5.38. The molecular formula is C20H19N3O2S2. The third kappa shape index (κ3) is 3.57. The van der Waals surface area contributed by atoms with E-state index in [1.54, 1.807) is 0 Å². The first kappa shape index (κ1) is 18.0. The van der Waals surface area contributed by atoms with Crippen molar-refractivity contribution in [2.24, 2.45) is 5.73 Å². The van der Waals surface area contributed by atoms with Crippen molar-refractivity contribution in [3.63, 3.8) is 0 Å². The molecule has 2 heterocycles. The summed E-state index contributed by atoms with van der Waals surface area (Å²) in [6.07, 6.45) is 2.85. The Morgan fingerprint density at radius 3 is 2.93 bits per heavy atom. The number of rotatable bonds is 5. The zero-order valence-corrected chi connectivity index (χ0v) is 16.5. The van der Waals surface area contributed by atoms with Crippen molar-refractivity contribution >= 4 is 50.8 Å². The third-order valence-electron chi connectivity index (χ3n) is 4.67. The molecule has 0 fully saturated rings. The summed E-state index contributed by atoms with van der Waals surface area (Å²) >= 11 is 2.86. The normalized spacial score (nSPS) is 12.9.